The van der Waals surface area contributed by atoms with E-state index in [9.17, 15) is 5.11 Å². The third kappa shape index (κ3) is 2.46. The van der Waals surface area contributed by atoms with Crippen molar-refractivity contribution < 1.29 is 10.2 Å². The fraction of sp³-hybridized carbons (Fsp3) is 0.467. The molecule has 3 rings (SSSR count). The molecule has 0 amide bonds. The molecule has 5 nitrogen and oxygen atoms in total. The molecule has 0 spiro atoms. The number of fused-ring (bicyclic) bond motifs is 1. The van der Waals surface area contributed by atoms with Gasteiger partial charge in [-0.15, -0.1) is 0 Å². The number of anilines is 1. The molecule has 20 heavy (non-hydrogen) atoms. The second-order valence-corrected chi connectivity index (χ2v) is 5.60. The first-order chi connectivity index (χ1) is 9.67. The Labute approximate surface area is 117 Å². The number of rotatable bonds is 4. The third-order valence-corrected chi connectivity index (χ3v) is 4.04. The number of phenolic OH excluding ortho intramolecular Hbond substituents is 1. The maximum absolute atomic E-state index is 9.86. The van der Waals surface area contributed by atoms with Crippen LogP contribution in [-0.4, -0.2) is 27.8 Å². The van der Waals surface area contributed by atoms with Crippen LogP contribution in [0, 0.1) is 0 Å². The van der Waals surface area contributed by atoms with E-state index in [0.717, 1.165) is 22.3 Å². The first-order valence-electron chi connectivity index (χ1n) is 7.16. The van der Waals surface area contributed by atoms with Gasteiger partial charge in [-0.2, -0.15) is 0 Å². The summed E-state index contributed by atoms with van der Waals surface area (Å²) in [6.07, 6.45) is 4.84. The highest BCUT2D eigenvalue weighted by molar-refractivity contribution is 5.93. The normalized spacial score (nSPS) is 17.7. The Morgan fingerprint density at radius 2 is 2.05 bits per heavy atom. The molecule has 2 aromatic rings. The van der Waals surface area contributed by atoms with E-state index < -0.39 is 6.04 Å². The predicted molar refractivity (Wildman–Crippen MR) is 79.9 cm³/mol. The average Bonchev–Trinajstić information content (AvgIpc) is 3.06. The van der Waals surface area contributed by atoms with Gasteiger partial charge in [0.2, 0.25) is 0 Å². The second kappa shape index (κ2) is 5.34. The lowest BCUT2D eigenvalue weighted by Crippen LogP contribution is -2.15. The number of aliphatic hydroxyl groups excluding tert-OH is 1. The van der Waals surface area contributed by atoms with Gasteiger partial charge in [0.05, 0.1) is 23.9 Å². The van der Waals surface area contributed by atoms with Gasteiger partial charge in [0.15, 0.2) is 0 Å². The summed E-state index contributed by atoms with van der Waals surface area (Å²) in [4.78, 5) is 3.26. The molecule has 1 aliphatic carbocycles. The Morgan fingerprint density at radius 1 is 1.30 bits per heavy atom. The van der Waals surface area contributed by atoms with E-state index in [0.29, 0.717) is 6.04 Å². The summed E-state index contributed by atoms with van der Waals surface area (Å²) in [5, 5.41) is 23.4. The summed E-state index contributed by atoms with van der Waals surface area (Å²) < 4.78 is 0. The van der Waals surface area contributed by atoms with Gasteiger partial charge in [0.25, 0.3) is 0 Å². The zero-order valence-electron chi connectivity index (χ0n) is 11.4. The first kappa shape index (κ1) is 13.3. The Bertz CT molecular complexity index is 602. The molecule has 1 saturated carbocycles. The van der Waals surface area contributed by atoms with Gasteiger partial charge in [0.1, 0.15) is 5.75 Å². The van der Waals surface area contributed by atoms with Gasteiger partial charge in [-0.1, -0.05) is 12.8 Å². The van der Waals surface area contributed by atoms with Crippen molar-refractivity contribution in [2.24, 2.45) is 5.73 Å². The molecule has 1 heterocycles. The standard InChI is InChI=1S/C15H21N3O2/c16-12(8-19)13-6-9-5-11(20)7-14(15(9)18-13)17-10-3-1-2-4-10/h5-7,10,12,17-20H,1-4,8,16H2. The van der Waals surface area contributed by atoms with Crippen molar-refractivity contribution in [2.75, 3.05) is 11.9 Å². The van der Waals surface area contributed by atoms with Crippen LogP contribution < -0.4 is 11.1 Å². The Morgan fingerprint density at radius 3 is 2.75 bits per heavy atom. The number of hydrogen-bond acceptors (Lipinski definition) is 4. The molecule has 0 aliphatic heterocycles. The third-order valence-electron chi connectivity index (χ3n) is 4.04. The van der Waals surface area contributed by atoms with E-state index >= 15 is 0 Å². The van der Waals surface area contributed by atoms with Crippen LogP contribution in [0.4, 0.5) is 5.69 Å². The molecule has 1 fully saturated rings. The predicted octanol–water partition coefficient (Wildman–Crippen LogP) is 2.22. The highest BCUT2D eigenvalue weighted by Crippen LogP contribution is 2.32. The second-order valence-electron chi connectivity index (χ2n) is 5.60. The van der Waals surface area contributed by atoms with Gasteiger partial charge < -0.3 is 26.2 Å². The first-order valence-corrected chi connectivity index (χ1v) is 7.16. The Hall–Kier alpha value is -1.72. The van der Waals surface area contributed by atoms with Crippen molar-refractivity contribution in [1.29, 1.82) is 0 Å². The van der Waals surface area contributed by atoms with Crippen molar-refractivity contribution in [3.05, 3.63) is 23.9 Å². The lowest BCUT2D eigenvalue weighted by atomic mass is 10.1. The van der Waals surface area contributed by atoms with Crippen molar-refractivity contribution in [3.63, 3.8) is 0 Å². The number of H-pyrrole nitrogens is 1. The number of aromatic nitrogens is 1. The summed E-state index contributed by atoms with van der Waals surface area (Å²) in [6, 6.07) is 5.38. The van der Waals surface area contributed by atoms with E-state index in [2.05, 4.69) is 10.3 Å². The maximum Gasteiger partial charge on any atom is 0.118 e. The van der Waals surface area contributed by atoms with Gasteiger partial charge in [0, 0.05) is 23.2 Å². The molecule has 0 saturated heterocycles. The minimum Gasteiger partial charge on any atom is -0.508 e. The molecule has 108 valence electrons. The fourth-order valence-electron chi connectivity index (χ4n) is 2.95. The minimum atomic E-state index is -0.427. The minimum absolute atomic E-state index is 0.107. The van der Waals surface area contributed by atoms with Crippen LogP contribution in [-0.2, 0) is 0 Å². The van der Waals surface area contributed by atoms with Crippen molar-refractivity contribution in [1.82, 2.24) is 4.98 Å². The number of phenols is 1. The van der Waals surface area contributed by atoms with Crippen LogP contribution >= 0.6 is 0 Å². The fourth-order valence-corrected chi connectivity index (χ4v) is 2.95. The number of aromatic hydroxyl groups is 1. The molecule has 0 radical (unpaired) electrons. The summed E-state index contributed by atoms with van der Waals surface area (Å²) >= 11 is 0. The van der Waals surface area contributed by atoms with Crippen molar-refractivity contribution in [2.45, 2.75) is 37.8 Å². The van der Waals surface area contributed by atoms with E-state index in [1.165, 1.54) is 25.7 Å². The number of nitrogens with one attached hydrogen (secondary N) is 2. The molecule has 1 atom stereocenters. The molecular weight excluding hydrogens is 254 g/mol. The highest BCUT2D eigenvalue weighted by Gasteiger charge is 2.17. The molecule has 0 bridgehead atoms. The van der Waals surface area contributed by atoms with Crippen molar-refractivity contribution >= 4 is 16.6 Å². The van der Waals surface area contributed by atoms with Gasteiger partial charge in [-0.05, 0) is 25.0 Å². The Kier molecular flexibility index (Phi) is 3.54. The summed E-state index contributed by atoms with van der Waals surface area (Å²) in [5.74, 6) is 0.237. The smallest absolute Gasteiger partial charge is 0.118 e. The van der Waals surface area contributed by atoms with Crippen LogP contribution in [0.5, 0.6) is 5.75 Å². The van der Waals surface area contributed by atoms with E-state index in [4.69, 9.17) is 10.8 Å². The topological polar surface area (TPSA) is 94.3 Å². The Balaban J connectivity index is 1.98. The average molecular weight is 275 g/mol. The zero-order valence-corrected chi connectivity index (χ0v) is 11.4. The van der Waals surface area contributed by atoms with E-state index in [1.807, 2.05) is 6.07 Å². The summed E-state index contributed by atoms with van der Waals surface area (Å²) in [6.45, 7) is -0.107. The molecule has 5 heteroatoms. The number of aliphatic hydroxyl groups is 1. The van der Waals surface area contributed by atoms with Crippen LogP contribution in [0.3, 0.4) is 0 Å². The van der Waals surface area contributed by atoms with Crippen molar-refractivity contribution in [3.8, 4) is 5.75 Å². The quantitative estimate of drug-likeness (QED) is 0.591. The van der Waals surface area contributed by atoms with Crippen LogP contribution in [0.25, 0.3) is 10.9 Å². The lowest BCUT2D eigenvalue weighted by molar-refractivity contribution is 0.266. The molecular formula is C15H21N3O2. The number of hydrogen-bond donors (Lipinski definition) is 5. The van der Waals surface area contributed by atoms with Gasteiger partial charge in [-0.25, -0.2) is 0 Å². The van der Waals surface area contributed by atoms with Crippen LogP contribution in [0.1, 0.15) is 37.4 Å². The van der Waals surface area contributed by atoms with Gasteiger partial charge in [-0.3, -0.25) is 0 Å². The summed E-state index contributed by atoms with van der Waals surface area (Å²) in [7, 11) is 0. The summed E-state index contributed by atoms with van der Waals surface area (Å²) in [5.41, 5.74) is 8.47. The number of aromatic amines is 1. The molecule has 6 N–H and O–H groups in total. The lowest BCUT2D eigenvalue weighted by Gasteiger charge is -2.14. The largest absolute Gasteiger partial charge is 0.508 e. The molecule has 1 aliphatic rings. The van der Waals surface area contributed by atoms with Gasteiger partial charge >= 0.3 is 0 Å². The zero-order chi connectivity index (χ0) is 14.1. The van der Waals surface area contributed by atoms with Crippen LogP contribution in [0.2, 0.25) is 0 Å². The maximum atomic E-state index is 9.86. The monoisotopic (exact) mass is 275 g/mol. The molecule has 1 aromatic carbocycles. The van der Waals surface area contributed by atoms with E-state index in [1.54, 1.807) is 12.1 Å². The SMILES string of the molecule is NC(CO)c1cc2cc(O)cc(NC3CCCC3)c2[nH]1. The number of benzene rings is 1. The van der Waals surface area contributed by atoms with E-state index in [-0.39, 0.29) is 12.4 Å². The molecule has 1 unspecified atom stereocenters. The highest BCUT2D eigenvalue weighted by atomic mass is 16.3. The molecule has 1 aromatic heterocycles. The number of nitrogens with two attached hydrogens (primary N) is 1. The van der Waals surface area contributed by atoms with Crippen LogP contribution in [0.15, 0.2) is 18.2 Å².